The lowest BCUT2D eigenvalue weighted by molar-refractivity contribution is 0.112. The molecule has 2 heterocycles. The Morgan fingerprint density at radius 1 is 1.22 bits per heavy atom. The molecule has 2 aromatic rings. The van der Waals surface area contributed by atoms with E-state index in [4.69, 9.17) is 0 Å². The molecule has 0 fully saturated rings. The zero-order valence-corrected chi connectivity index (χ0v) is 12.3. The number of unbranched alkanes of at least 4 members (excludes halogenated alkanes) is 3. The highest BCUT2D eigenvalue weighted by Gasteiger charge is 2.10. The van der Waals surface area contributed by atoms with Crippen molar-refractivity contribution in [1.29, 1.82) is 0 Å². The van der Waals surface area contributed by atoms with E-state index in [1.54, 1.807) is 22.7 Å². The van der Waals surface area contributed by atoms with E-state index >= 15 is 0 Å². The Hall–Kier alpha value is -0.930. The van der Waals surface area contributed by atoms with Crippen LogP contribution in [-0.2, 0) is 6.42 Å². The largest absolute Gasteiger partial charge is 0.297 e. The molecule has 2 rings (SSSR count). The highest BCUT2D eigenvalue weighted by Crippen LogP contribution is 2.34. The van der Waals surface area contributed by atoms with E-state index < -0.39 is 0 Å². The predicted molar refractivity (Wildman–Crippen MR) is 80.9 cm³/mol. The smallest absolute Gasteiger partial charge is 0.160 e. The monoisotopic (exact) mass is 278 g/mol. The highest BCUT2D eigenvalue weighted by molar-refractivity contribution is 7.22. The van der Waals surface area contributed by atoms with Crippen LogP contribution in [0.5, 0.6) is 0 Å². The molecule has 0 aromatic carbocycles. The third-order valence-corrected chi connectivity index (χ3v) is 5.18. The van der Waals surface area contributed by atoms with Crippen molar-refractivity contribution in [3.05, 3.63) is 34.0 Å². The van der Waals surface area contributed by atoms with Gasteiger partial charge in [-0.25, -0.2) is 0 Å². The van der Waals surface area contributed by atoms with Gasteiger partial charge in [-0.1, -0.05) is 32.3 Å². The molecule has 0 N–H and O–H groups in total. The number of hydrogen-bond donors (Lipinski definition) is 0. The van der Waals surface area contributed by atoms with Crippen LogP contribution in [0, 0.1) is 0 Å². The lowest BCUT2D eigenvalue weighted by atomic mass is 10.1. The van der Waals surface area contributed by atoms with Crippen molar-refractivity contribution in [3.63, 3.8) is 0 Å². The molecule has 0 amide bonds. The lowest BCUT2D eigenvalue weighted by Gasteiger charge is -1.98. The van der Waals surface area contributed by atoms with E-state index in [-0.39, 0.29) is 0 Å². The van der Waals surface area contributed by atoms with Crippen LogP contribution in [0.3, 0.4) is 0 Å². The second-order valence-electron chi connectivity index (χ2n) is 4.41. The Bertz CT molecular complexity index is 483. The van der Waals surface area contributed by atoms with Crippen LogP contribution in [-0.4, -0.2) is 6.29 Å². The maximum absolute atomic E-state index is 11.1. The van der Waals surface area contributed by atoms with Crippen molar-refractivity contribution in [1.82, 2.24) is 0 Å². The van der Waals surface area contributed by atoms with Gasteiger partial charge in [0, 0.05) is 9.75 Å². The van der Waals surface area contributed by atoms with Crippen molar-refractivity contribution >= 4 is 29.0 Å². The van der Waals surface area contributed by atoms with Gasteiger partial charge in [-0.05, 0) is 35.9 Å². The van der Waals surface area contributed by atoms with Gasteiger partial charge in [0.2, 0.25) is 0 Å². The molecule has 0 spiro atoms. The van der Waals surface area contributed by atoms with Crippen LogP contribution in [0.1, 0.15) is 47.8 Å². The van der Waals surface area contributed by atoms with Gasteiger partial charge in [-0.15, -0.1) is 22.7 Å². The summed E-state index contributed by atoms with van der Waals surface area (Å²) in [5.41, 5.74) is 1.23. The number of hydrogen-bond acceptors (Lipinski definition) is 3. The summed E-state index contributed by atoms with van der Waals surface area (Å²) in [5, 5.41) is 2.08. The molecule has 18 heavy (non-hydrogen) atoms. The van der Waals surface area contributed by atoms with E-state index in [0.717, 1.165) is 17.6 Å². The van der Waals surface area contributed by atoms with E-state index in [2.05, 4.69) is 30.5 Å². The van der Waals surface area contributed by atoms with Gasteiger partial charge in [-0.2, -0.15) is 0 Å². The summed E-state index contributed by atoms with van der Waals surface area (Å²) in [6, 6.07) is 6.37. The van der Waals surface area contributed by atoms with Gasteiger partial charge in [0.1, 0.15) is 0 Å². The summed E-state index contributed by atoms with van der Waals surface area (Å²) in [6.07, 6.45) is 7.05. The summed E-state index contributed by atoms with van der Waals surface area (Å²) in [7, 11) is 0. The Labute approximate surface area is 116 Å². The molecule has 0 unspecified atom stereocenters. The Morgan fingerprint density at radius 3 is 2.78 bits per heavy atom. The van der Waals surface area contributed by atoms with Crippen molar-refractivity contribution in [3.8, 4) is 9.75 Å². The molecule has 1 nitrogen and oxygen atoms in total. The summed E-state index contributed by atoms with van der Waals surface area (Å²) in [4.78, 5) is 14.5. The third kappa shape index (κ3) is 3.30. The van der Waals surface area contributed by atoms with Crippen molar-refractivity contribution < 1.29 is 4.79 Å². The maximum Gasteiger partial charge on any atom is 0.160 e. The summed E-state index contributed by atoms with van der Waals surface area (Å²) >= 11 is 3.36. The fourth-order valence-electron chi connectivity index (χ4n) is 2.02. The minimum absolute atomic E-state index is 0.912. The van der Waals surface area contributed by atoms with E-state index in [9.17, 15) is 4.79 Å². The number of rotatable bonds is 7. The van der Waals surface area contributed by atoms with Gasteiger partial charge in [0.25, 0.3) is 0 Å². The van der Waals surface area contributed by atoms with Crippen molar-refractivity contribution in [2.45, 2.75) is 39.0 Å². The van der Waals surface area contributed by atoms with Gasteiger partial charge in [0.05, 0.1) is 4.88 Å². The lowest BCUT2D eigenvalue weighted by Crippen LogP contribution is -1.87. The Balaban J connectivity index is 2.07. The number of aryl methyl sites for hydroxylation is 1. The quantitative estimate of drug-likeness (QED) is 0.489. The molecule has 0 atom stereocenters. The average molecular weight is 278 g/mol. The fourth-order valence-corrected chi connectivity index (χ4v) is 3.87. The fraction of sp³-hybridized carbons (Fsp3) is 0.400. The van der Waals surface area contributed by atoms with E-state index in [1.807, 2.05) is 0 Å². The molecule has 0 aliphatic heterocycles. The molecule has 96 valence electrons. The number of thiophene rings is 2. The molecule has 0 saturated heterocycles. The first kappa shape index (κ1) is 13.5. The van der Waals surface area contributed by atoms with Crippen LogP contribution < -0.4 is 0 Å². The zero-order valence-electron chi connectivity index (χ0n) is 10.6. The van der Waals surface area contributed by atoms with Crippen LogP contribution in [0.25, 0.3) is 9.75 Å². The first-order valence-corrected chi connectivity index (χ1v) is 8.16. The van der Waals surface area contributed by atoms with Crippen LogP contribution in [0.2, 0.25) is 0 Å². The van der Waals surface area contributed by atoms with E-state index in [1.165, 1.54) is 41.0 Å². The minimum atomic E-state index is 0.912. The Morgan fingerprint density at radius 2 is 2.11 bits per heavy atom. The number of carbonyl (C=O) groups is 1. The molecule has 2 aromatic heterocycles. The summed E-state index contributed by atoms with van der Waals surface area (Å²) in [6.45, 7) is 2.22. The van der Waals surface area contributed by atoms with Crippen LogP contribution in [0.15, 0.2) is 23.6 Å². The normalized spacial score (nSPS) is 10.7. The Kier molecular flexibility index (Phi) is 5.14. The second kappa shape index (κ2) is 6.86. The number of aldehydes is 1. The van der Waals surface area contributed by atoms with Crippen LogP contribution in [0.4, 0.5) is 0 Å². The molecule has 0 saturated carbocycles. The van der Waals surface area contributed by atoms with Gasteiger partial charge in [-0.3, -0.25) is 4.79 Å². The van der Waals surface area contributed by atoms with Crippen LogP contribution >= 0.6 is 22.7 Å². The van der Waals surface area contributed by atoms with Gasteiger partial charge in [0.15, 0.2) is 6.29 Å². The average Bonchev–Trinajstić information content (AvgIpc) is 3.03. The number of carbonyl (C=O) groups excluding carboxylic acids is 1. The summed E-state index contributed by atoms with van der Waals surface area (Å²) in [5.74, 6) is 0. The van der Waals surface area contributed by atoms with Crippen molar-refractivity contribution in [2.24, 2.45) is 0 Å². The minimum Gasteiger partial charge on any atom is -0.297 e. The zero-order chi connectivity index (χ0) is 12.8. The molecule has 3 heteroatoms. The topological polar surface area (TPSA) is 17.1 Å². The molecular formula is C15H18OS2. The first-order chi connectivity index (χ1) is 8.85. The first-order valence-electron chi connectivity index (χ1n) is 6.47. The molecule has 0 bridgehead atoms. The second-order valence-corrected chi connectivity index (χ2v) is 6.44. The summed E-state index contributed by atoms with van der Waals surface area (Å²) < 4.78 is 0. The van der Waals surface area contributed by atoms with Crippen molar-refractivity contribution in [2.75, 3.05) is 0 Å². The standard InChI is InChI=1S/C15H18OS2/c1-2-3-4-5-7-12-10-14(18-15(12)11-16)13-8-6-9-17-13/h6,8-11H,2-5,7H2,1H3. The van der Waals surface area contributed by atoms with Gasteiger partial charge >= 0.3 is 0 Å². The predicted octanol–water partition coefficient (Wildman–Crippen LogP) is 5.41. The molecule has 0 radical (unpaired) electrons. The maximum atomic E-state index is 11.1. The highest BCUT2D eigenvalue weighted by atomic mass is 32.1. The molecular weight excluding hydrogens is 260 g/mol. The molecule has 0 aliphatic carbocycles. The SMILES string of the molecule is CCCCCCc1cc(-c2cccs2)sc1C=O. The third-order valence-electron chi connectivity index (χ3n) is 3.01. The molecule has 0 aliphatic rings. The van der Waals surface area contributed by atoms with Gasteiger partial charge < -0.3 is 0 Å². The van der Waals surface area contributed by atoms with E-state index in [0.29, 0.717) is 0 Å².